The van der Waals surface area contributed by atoms with Crippen LogP contribution in [0.3, 0.4) is 0 Å². The summed E-state index contributed by atoms with van der Waals surface area (Å²) in [5.74, 6) is 0.535. The minimum absolute atomic E-state index is 0.0121. The molecule has 4 nitrogen and oxygen atoms in total. The zero-order valence-electron chi connectivity index (χ0n) is 10.8. The van der Waals surface area contributed by atoms with Crippen molar-refractivity contribution in [1.29, 1.82) is 0 Å². The highest BCUT2D eigenvalue weighted by Gasteiger charge is 2.01. The van der Waals surface area contributed by atoms with Crippen LogP contribution >= 0.6 is 0 Å². The SMILES string of the molecule is CCCCCNC(=O)COc1ccc(CO)cc1. The molecule has 4 heteroatoms. The van der Waals surface area contributed by atoms with Crippen LogP contribution in [0.4, 0.5) is 0 Å². The van der Waals surface area contributed by atoms with Gasteiger partial charge in [-0.15, -0.1) is 0 Å². The highest BCUT2D eigenvalue weighted by atomic mass is 16.5. The topological polar surface area (TPSA) is 58.6 Å². The minimum atomic E-state index is -0.0997. The lowest BCUT2D eigenvalue weighted by molar-refractivity contribution is -0.123. The summed E-state index contributed by atoms with van der Waals surface area (Å²) in [6, 6.07) is 7.04. The summed E-state index contributed by atoms with van der Waals surface area (Å²) in [6.45, 7) is 2.88. The van der Waals surface area contributed by atoms with Gasteiger partial charge in [-0.2, -0.15) is 0 Å². The Morgan fingerprint density at radius 1 is 1.28 bits per heavy atom. The number of ether oxygens (including phenoxy) is 1. The number of hydrogen-bond acceptors (Lipinski definition) is 3. The van der Waals surface area contributed by atoms with Gasteiger partial charge in [-0.25, -0.2) is 0 Å². The van der Waals surface area contributed by atoms with E-state index in [9.17, 15) is 4.79 Å². The van der Waals surface area contributed by atoms with E-state index in [-0.39, 0.29) is 19.1 Å². The Balaban J connectivity index is 2.20. The fourth-order valence-corrected chi connectivity index (χ4v) is 1.49. The third-order valence-corrected chi connectivity index (χ3v) is 2.58. The molecule has 100 valence electrons. The van der Waals surface area contributed by atoms with Gasteiger partial charge in [0.15, 0.2) is 6.61 Å². The molecule has 1 aromatic rings. The number of aliphatic hydroxyl groups excluding tert-OH is 1. The third kappa shape index (κ3) is 5.68. The van der Waals surface area contributed by atoms with Crippen LogP contribution in [-0.2, 0) is 11.4 Å². The van der Waals surface area contributed by atoms with Crippen LogP contribution < -0.4 is 10.1 Å². The van der Waals surface area contributed by atoms with Crippen LogP contribution in [0.1, 0.15) is 31.7 Å². The van der Waals surface area contributed by atoms with Gasteiger partial charge in [0.1, 0.15) is 5.75 Å². The van der Waals surface area contributed by atoms with Crippen LogP contribution in [0.5, 0.6) is 5.75 Å². The molecule has 0 spiro atoms. The van der Waals surface area contributed by atoms with Gasteiger partial charge in [0.2, 0.25) is 0 Å². The lowest BCUT2D eigenvalue weighted by atomic mass is 10.2. The molecule has 1 rings (SSSR count). The van der Waals surface area contributed by atoms with Gasteiger partial charge >= 0.3 is 0 Å². The molecule has 0 atom stereocenters. The van der Waals surface area contributed by atoms with Gasteiger partial charge in [-0.3, -0.25) is 4.79 Å². The number of benzene rings is 1. The van der Waals surface area contributed by atoms with E-state index in [0.29, 0.717) is 12.3 Å². The molecule has 2 N–H and O–H groups in total. The molecule has 0 heterocycles. The van der Waals surface area contributed by atoms with E-state index >= 15 is 0 Å². The summed E-state index contributed by atoms with van der Waals surface area (Å²) in [7, 11) is 0. The van der Waals surface area contributed by atoms with E-state index in [0.717, 1.165) is 24.8 Å². The fraction of sp³-hybridized carbons (Fsp3) is 0.500. The Bertz CT molecular complexity index is 349. The third-order valence-electron chi connectivity index (χ3n) is 2.58. The van der Waals surface area contributed by atoms with Crippen LogP contribution in [0.15, 0.2) is 24.3 Å². The molecular formula is C14H21NO3. The normalized spacial score (nSPS) is 10.1. The summed E-state index contributed by atoms with van der Waals surface area (Å²) in [6.07, 6.45) is 3.28. The number of carbonyl (C=O) groups excluding carboxylic acids is 1. The predicted octanol–water partition coefficient (Wildman–Crippen LogP) is 1.86. The Morgan fingerprint density at radius 3 is 2.61 bits per heavy atom. The second kappa shape index (κ2) is 8.53. The average Bonchev–Trinajstić information content (AvgIpc) is 2.42. The van der Waals surface area contributed by atoms with E-state index in [1.165, 1.54) is 0 Å². The van der Waals surface area contributed by atoms with Gasteiger partial charge < -0.3 is 15.2 Å². The number of rotatable bonds is 8. The van der Waals surface area contributed by atoms with E-state index in [1.807, 2.05) is 0 Å². The smallest absolute Gasteiger partial charge is 0.257 e. The lowest BCUT2D eigenvalue weighted by Gasteiger charge is -2.07. The first-order chi connectivity index (χ1) is 8.76. The van der Waals surface area contributed by atoms with Crippen LogP contribution in [0.25, 0.3) is 0 Å². The molecule has 0 radical (unpaired) electrons. The maximum absolute atomic E-state index is 11.4. The number of unbranched alkanes of at least 4 members (excludes halogenated alkanes) is 2. The maximum Gasteiger partial charge on any atom is 0.257 e. The molecule has 0 aromatic heterocycles. The fourth-order valence-electron chi connectivity index (χ4n) is 1.49. The van der Waals surface area contributed by atoms with Gasteiger partial charge in [-0.05, 0) is 24.1 Å². The highest BCUT2D eigenvalue weighted by Crippen LogP contribution is 2.11. The molecule has 0 fully saturated rings. The van der Waals surface area contributed by atoms with Crippen molar-refractivity contribution in [3.8, 4) is 5.75 Å². The highest BCUT2D eigenvalue weighted by molar-refractivity contribution is 5.77. The summed E-state index contributed by atoms with van der Waals surface area (Å²) in [5.41, 5.74) is 0.825. The molecule has 0 aliphatic rings. The average molecular weight is 251 g/mol. The number of carbonyl (C=O) groups is 1. The van der Waals surface area contributed by atoms with E-state index in [4.69, 9.17) is 9.84 Å². The molecule has 1 amide bonds. The number of aliphatic hydroxyl groups is 1. The first kappa shape index (κ1) is 14.5. The van der Waals surface area contributed by atoms with Crippen LogP contribution in [0.2, 0.25) is 0 Å². The second-order valence-electron chi connectivity index (χ2n) is 4.15. The molecule has 0 aliphatic heterocycles. The standard InChI is InChI=1S/C14H21NO3/c1-2-3-4-9-15-14(17)11-18-13-7-5-12(10-16)6-8-13/h5-8,16H,2-4,9-11H2,1H3,(H,15,17). The monoisotopic (exact) mass is 251 g/mol. The molecule has 0 saturated heterocycles. The van der Waals surface area contributed by atoms with Gasteiger partial charge in [-0.1, -0.05) is 31.9 Å². The van der Waals surface area contributed by atoms with E-state index in [1.54, 1.807) is 24.3 Å². The van der Waals surface area contributed by atoms with Crippen molar-refractivity contribution in [2.45, 2.75) is 32.8 Å². The van der Waals surface area contributed by atoms with E-state index < -0.39 is 0 Å². The van der Waals surface area contributed by atoms with Crippen LogP contribution in [0, 0.1) is 0 Å². The lowest BCUT2D eigenvalue weighted by Crippen LogP contribution is -2.29. The van der Waals surface area contributed by atoms with Crippen LogP contribution in [-0.4, -0.2) is 24.2 Å². The largest absolute Gasteiger partial charge is 0.484 e. The molecule has 1 aromatic carbocycles. The van der Waals surface area contributed by atoms with Crippen molar-refractivity contribution in [2.24, 2.45) is 0 Å². The van der Waals surface area contributed by atoms with Gasteiger partial charge in [0, 0.05) is 6.54 Å². The quantitative estimate of drug-likeness (QED) is 0.693. The van der Waals surface area contributed by atoms with E-state index in [2.05, 4.69) is 12.2 Å². The minimum Gasteiger partial charge on any atom is -0.484 e. The molecule has 0 bridgehead atoms. The summed E-state index contributed by atoms with van der Waals surface area (Å²) in [4.78, 5) is 11.4. The Kier molecular flexibility index (Phi) is 6.87. The summed E-state index contributed by atoms with van der Waals surface area (Å²) >= 11 is 0. The Labute approximate surface area is 108 Å². The summed E-state index contributed by atoms with van der Waals surface area (Å²) < 4.78 is 5.33. The maximum atomic E-state index is 11.4. The number of nitrogens with one attached hydrogen (secondary N) is 1. The van der Waals surface area contributed by atoms with Crippen molar-refractivity contribution >= 4 is 5.91 Å². The number of amides is 1. The first-order valence-electron chi connectivity index (χ1n) is 6.35. The van der Waals surface area contributed by atoms with Crippen molar-refractivity contribution in [1.82, 2.24) is 5.32 Å². The molecular weight excluding hydrogens is 230 g/mol. The van der Waals surface area contributed by atoms with Crippen molar-refractivity contribution < 1.29 is 14.6 Å². The zero-order valence-corrected chi connectivity index (χ0v) is 10.8. The molecule has 0 aliphatic carbocycles. The second-order valence-corrected chi connectivity index (χ2v) is 4.15. The predicted molar refractivity (Wildman–Crippen MR) is 70.4 cm³/mol. The zero-order chi connectivity index (χ0) is 13.2. The molecule has 18 heavy (non-hydrogen) atoms. The first-order valence-corrected chi connectivity index (χ1v) is 6.35. The van der Waals surface area contributed by atoms with Crippen molar-refractivity contribution in [2.75, 3.05) is 13.2 Å². The Hall–Kier alpha value is -1.55. The van der Waals surface area contributed by atoms with Crippen molar-refractivity contribution in [3.05, 3.63) is 29.8 Å². The van der Waals surface area contributed by atoms with Crippen molar-refractivity contribution in [3.63, 3.8) is 0 Å². The molecule has 0 saturated carbocycles. The number of hydrogen-bond donors (Lipinski definition) is 2. The summed E-state index contributed by atoms with van der Waals surface area (Å²) in [5, 5.41) is 11.7. The molecule has 0 unspecified atom stereocenters. The van der Waals surface area contributed by atoms with Gasteiger partial charge in [0.05, 0.1) is 6.61 Å². The Morgan fingerprint density at radius 2 is 2.00 bits per heavy atom. The van der Waals surface area contributed by atoms with Gasteiger partial charge in [0.25, 0.3) is 5.91 Å².